The molecule has 1 N–H and O–H groups in total. The monoisotopic (exact) mass is 269 g/mol. The molecule has 0 saturated heterocycles. The first-order chi connectivity index (χ1) is 9.65. The maximum atomic E-state index is 12.3. The van der Waals surface area contributed by atoms with Gasteiger partial charge >= 0.3 is 5.97 Å². The van der Waals surface area contributed by atoms with E-state index in [-0.39, 0.29) is 17.9 Å². The molecule has 100 valence electrons. The van der Waals surface area contributed by atoms with Gasteiger partial charge in [-0.3, -0.25) is 4.79 Å². The zero-order valence-electron chi connectivity index (χ0n) is 10.5. The number of carboxylic acid groups (broad SMARTS) is 1. The number of benzene rings is 2. The third-order valence-electron chi connectivity index (χ3n) is 3.49. The lowest BCUT2D eigenvalue weighted by molar-refractivity contribution is -0.107. The summed E-state index contributed by atoms with van der Waals surface area (Å²) in [6.45, 7) is 0.304. The Morgan fingerprint density at radius 2 is 2.05 bits per heavy atom. The Balaban J connectivity index is 2.26. The number of carboxylic acids is 1. The second-order valence-corrected chi connectivity index (χ2v) is 4.58. The lowest BCUT2D eigenvalue weighted by atomic mass is 10.0. The molecular formula is C15H11NO4. The standard InChI is InChI=1S/C15H11NO4/c17-8-2-7-16-12-6-5-10(15(19)20)9-3-1-4-11(13(9)12)14(16)18/h1,3-6,8H,2,7H2,(H,19,20). The first kappa shape index (κ1) is 12.3. The molecule has 2 aromatic rings. The molecule has 1 amide bonds. The van der Waals surface area contributed by atoms with Crippen LogP contribution in [-0.4, -0.2) is 29.8 Å². The molecule has 0 bridgehead atoms. The quantitative estimate of drug-likeness (QED) is 0.862. The average Bonchev–Trinajstić information content (AvgIpc) is 2.72. The molecule has 1 aliphatic rings. The number of carbonyl (C=O) groups is 3. The maximum Gasteiger partial charge on any atom is 0.336 e. The number of aldehydes is 1. The Hall–Kier alpha value is -2.69. The maximum absolute atomic E-state index is 12.3. The highest BCUT2D eigenvalue weighted by atomic mass is 16.4. The summed E-state index contributed by atoms with van der Waals surface area (Å²) in [6.07, 6.45) is 1.01. The summed E-state index contributed by atoms with van der Waals surface area (Å²) < 4.78 is 0. The predicted octanol–water partition coefficient (Wildman–Crippen LogP) is 2.09. The smallest absolute Gasteiger partial charge is 0.336 e. The van der Waals surface area contributed by atoms with E-state index in [0.717, 1.165) is 6.29 Å². The molecule has 0 aromatic heterocycles. The molecule has 0 saturated carbocycles. The van der Waals surface area contributed by atoms with Gasteiger partial charge in [-0.05, 0) is 23.6 Å². The number of nitrogens with zero attached hydrogens (tertiary/aromatic N) is 1. The van der Waals surface area contributed by atoms with E-state index in [1.165, 1.54) is 11.0 Å². The molecule has 0 fully saturated rings. The molecule has 1 heterocycles. The van der Waals surface area contributed by atoms with Gasteiger partial charge in [0.05, 0.1) is 11.3 Å². The van der Waals surface area contributed by atoms with Gasteiger partial charge in [-0.25, -0.2) is 4.79 Å². The molecule has 3 rings (SSSR count). The van der Waals surface area contributed by atoms with Gasteiger partial charge in [0, 0.05) is 23.9 Å². The lowest BCUT2D eigenvalue weighted by Gasteiger charge is -2.16. The Morgan fingerprint density at radius 3 is 2.75 bits per heavy atom. The number of hydrogen-bond acceptors (Lipinski definition) is 3. The van der Waals surface area contributed by atoms with Gasteiger partial charge in [-0.2, -0.15) is 0 Å². The van der Waals surface area contributed by atoms with Crippen molar-refractivity contribution in [1.29, 1.82) is 0 Å². The van der Waals surface area contributed by atoms with Crippen molar-refractivity contribution in [3.63, 3.8) is 0 Å². The number of anilines is 1. The minimum absolute atomic E-state index is 0.177. The Morgan fingerprint density at radius 1 is 1.25 bits per heavy atom. The van der Waals surface area contributed by atoms with Crippen LogP contribution in [-0.2, 0) is 4.79 Å². The highest BCUT2D eigenvalue weighted by Gasteiger charge is 2.30. The van der Waals surface area contributed by atoms with Crippen LogP contribution in [0.25, 0.3) is 10.8 Å². The van der Waals surface area contributed by atoms with Gasteiger partial charge in [0.2, 0.25) is 0 Å². The van der Waals surface area contributed by atoms with Crippen LogP contribution < -0.4 is 4.90 Å². The van der Waals surface area contributed by atoms with Crippen LogP contribution in [0.3, 0.4) is 0 Å². The van der Waals surface area contributed by atoms with Crippen LogP contribution in [0.5, 0.6) is 0 Å². The second-order valence-electron chi connectivity index (χ2n) is 4.58. The van der Waals surface area contributed by atoms with E-state index in [0.29, 0.717) is 28.6 Å². The van der Waals surface area contributed by atoms with Crippen molar-refractivity contribution in [2.45, 2.75) is 6.42 Å². The lowest BCUT2D eigenvalue weighted by Crippen LogP contribution is -2.27. The number of aromatic carboxylic acids is 1. The van der Waals surface area contributed by atoms with Crippen LogP contribution in [0, 0.1) is 0 Å². The van der Waals surface area contributed by atoms with Crippen LogP contribution in [0.15, 0.2) is 30.3 Å². The summed E-state index contributed by atoms with van der Waals surface area (Å²) in [5, 5.41) is 10.4. The van der Waals surface area contributed by atoms with Crippen molar-refractivity contribution in [3.8, 4) is 0 Å². The fraction of sp³-hybridized carbons (Fsp3) is 0.133. The SMILES string of the molecule is O=CCCN1C(=O)c2cccc3c(C(=O)O)ccc1c23. The number of hydrogen-bond donors (Lipinski definition) is 1. The Bertz CT molecular complexity index is 751. The first-order valence-corrected chi connectivity index (χ1v) is 6.19. The van der Waals surface area contributed by atoms with Crippen molar-refractivity contribution in [2.75, 3.05) is 11.4 Å². The number of rotatable bonds is 4. The average molecular weight is 269 g/mol. The van der Waals surface area contributed by atoms with Crippen LogP contribution in [0.4, 0.5) is 5.69 Å². The zero-order chi connectivity index (χ0) is 14.3. The zero-order valence-corrected chi connectivity index (χ0v) is 10.5. The van der Waals surface area contributed by atoms with E-state index in [1.54, 1.807) is 24.3 Å². The van der Waals surface area contributed by atoms with Gasteiger partial charge < -0.3 is 14.8 Å². The van der Waals surface area contributed by atoms with Crippen molar-refractivity contribution < 1.29 is 19.5 Å². The fourth-order valence-corrected chi connectivity index (χ4v) is 2.64. The van der Waals surface area contributed by atoms with E-state index >= 15 is 0 Å². The summed E-state index contributed by atoms with van der Waals surface area (Å²) in [5.74, 6) is -1.21. The van der Waals surface area contributed by atoms with Crippen LogP contribution in [0.2, 0.25) is 0 Å². The Labute approximate surface area is 114 Å². The van der Waals surface area contributed by atoms with Crippen molar-refractivity contribution in [1.82, 2.24) is 0 Å². The van der Waals surface area contributed by atoms with Crippen molar-refractivity contribution in [3.05, 3.63) is 41.5 Å². The van der Waals surface area contributed by atoms with E-state index in [9.17, 15) is 19.5 Å². The highest BCUT2D eigenvalue weighted by molar-refractivity contribution is 6.27. The largest absolute Gasteiger partial charge is 0.478 e. The number of carbonyl (C=O) groups excluding carboxylic acids is 2. The summed E-state index contributed by atoms with van der Waals surface area (Å²) in [5.41, 5.74) is 1.34. The molecule has 20 heavy (non-hydrogen) atoms. The Kier molecular flexibility index (Phi) is 2.75. The molecule has 5 nitrogen and oxygen atoms in total. The summed E-state index contributed by atoms with van der Waals surface area (Å²) >= 11 is 0. The molecule has 1 aliphatic heterocycles. The predicted molar refractivity (Wildman–Crippen MR) is 73.3 cm³/mol. The molecule has 0 radical (unpaired) electrons. The second kappa shape index (κ2) is 4.45. The normalized spacial score (nSPS) is 13.0. The molecule has 2 aromatic carbocycles. The molecule has 0 aliphatic carbocycles. The minimum atomic E-state index is -1.02. The van der Waals surface area contributed by atoms with E-state index in [2.05, 4.69) is 0 Å². The van der Waals surface area contributed by atoms with Gasteiger partial charge in [0.15, 0.2) is 0 Å². The first-order valence-electron chi connectivity index (χ1n) is 6.19. The van der Waals surface area contributed by atoms with Crippen molar-refractivity contribution in [2.24, 2.45) is 0 Å². The van der Waals surface area contributed by atoms with Crippen LogP contribution in [0.1, 0.15) is 27.1 Å². The van der Waals surface area contributed by atoms with Gasteiger partial charge in [0.25, 0.3) is 5.91 Å². The highest BCUT2D eigenvalue weighted by Crippen LogP contribution is 2.38. The van der Waals surface area contributed by atoms with E-state index in [1.807, 2.05) is 0 Å². The topological polar surface area (TPSA) is 74.7 Å². The molecule has 0 unspecified atom stereocenters. The van der Waals surface area contributed by atoms with Gasteiger partial charge in [-0.1, -0.05) is 12.1 Å². The third-order valence-corrected chi connectivity index (χ3v) is 3.49. The summed E-state index contributed by atoms with van der Waals surface area (Å²) in [6, 6.07) is 8.18. The van der Waals surface area contributed by atoms with Crippen molar-refractivity contribution >= 4 is 34.6 Å². The molecule has 5 heteroatoms. The molecule has 0 spiro atoms. The van der Waals surface area contributed by atoms with Crippen LogP contribution >= 0.6 is 0 Å². The fourth-order valence-electron chi connectivity index (χ4n) is 2.64. The minimum Gasteiger partial charge on any atom is -0.478 e. The van der Waals surface area contributed by atoms with E-state index in [4.69, 9.17) is 0 Å². The summed E-state index contributed by atoms with van der Waals surface area (Å²) in [7, 11) is 0. The molecular weight excluding hydrogens is 258 g/mol. The van der Waals surface area contributed by atoms with Gasteiger partial charge in [-0.15, -0.1) is 0 Å². The number of amides is 1. The third kappa shape index (κ3) is 1.60. The van der Waals surface area contributed by atoms with E-state index < -0.39 is 5.97 Å². The van der Waals surface area contributed by atoms with Gasteiger partial charge in [0.1, 0.15) is 6.29 Å². The summed E-state index contributed by atoms with van der Waals surface area (Å²) in [4.78, 5) is 35.6. The molecule has 0 atom stereocenters.